The second-order valence-electron chi connectivity index (χ2n) is 5.29. The quantitative estimate of drug-likeness (QED) is 0.366. The van der Waals surface area contributed by atoms with Gasteiger partial charge in [0.15, 0.2) is 9.84 Å². The van der Waals surface area contributed by atoms with Crippen LogP contribution in [0.4, 0.5) is 11.4 Å². The van der Waals surface area contributed by atoms with Crippen molar-refractivity contribution in [1.29, 1.82) is 0 Å². The molecular formula is C15H15ClN2O6S2. The van der Waals surface area contributed by atoms with E-state index < -0.39 is 46.8 Å². The van der Waals surface area contributed by atoms with Crippen LogP contribution in [-0.2, 0) is 24.7 Å². The average Bonchev–Trinajstić information content (AvgIpc) is 2.53. The van der Waals surface area contributed by atoms with Gasteiger partial charge in [-0.2, -0.15) is 8.42 Å². The van der Waals surface area contributed by atoms with E-state index in [1.807, 2.05) is 0 Å². The molecule has 4 N–H and O–H groups in total. The van der Waals surface area contributed by atoms with Crippen molar-refractivity contribution in [2.45, 2.75) is 15.2 Å². The Bertz CT molecular complexity index is 1040. The number of sulfone groups is 1. The Labute approximate surface area is 155 Å². The van der Waals surface area contributed by atoms with E-state index in [-0.39, 0.29) is 0 Å². The van der Waals surface area contributed by atoms with Gasteiger partial charge < -0.3 is 11.1 Å². The van der Waals surface area contributed by atoms with Gasteiger partial charge in [-0.3, -0.25) is 9.35 Å². The van der Waals surface area contributed by atoms with Gasteiger partial charge in [-0.1, -0.05) is 18.2 Å². The Morgan fingerprint density at radius 3 is 2.27 bits per heavy atom. The Kier molecular flexibility index (Phi) is 5.91. The van der Waals surface area contributed by atoms with Crippen LogP contribution >= 0.6 is 11.6 Å². The number of hydrogen-bond donors (Lipinski definition) is 3. The fraction of sp³-hybridized carbons (Fsp3) is 0.133. The van der Waals surface area contributed by atoms with E-state index in [0.717, 1.165) is 12.1 Å². The second-order valence-corrected chi connectivity index (χ2v) is 9.20. The summed E-state index contributed by atoms with van der Waals surface area (Å²) < 4.78 is 56.8. The van der Waals surface area contributed by atoms with E-state index in [1.165, 1.54) is 18.2 Å². The van der Waals surface area contributed by atoms with Crippen LogP contribution in [0.1, 0.15) is 0 Å². The molecule has 2 aromatic rings. The molecule has 11 heteroatoms. The third kappa shape index (κ3) is 4.94. The number of nitrogen functional groups attached to an aromatic ring is 1. The van der Waals surface area contributed by atoms with Gasteiger partial charge in [0.05, 0.1) is 10.6 Å². The van der Waals surface area contributed by atoms with E-state index in [2.05, 4.69) is 5.32 Å². The zero-order chi connectivity index (χ0) is 19.5. The van der Waals surface area contributed by atoms with E-state index in [9.17, 15) is 26.2 Å². The first-order valence-corrected chi connectivity index (χ1v) is 10.6. The Hall–Kier alpha value is -2.14. The van der Waals surface area contributed by atoms with Crippen molar-refractivity contribution in [3.05, 3.63) is 48.5 Å². The maximum Gasteiger partial charge on any atom is 0.295 e. The first-order valence-electron chi connectivity index (χ1n) is 7.10. The average molecular weight is 419 g/mol. The highest BCUT2D eigenvalue weighted by Gasteiger charge is 2.29. The molecule has 26 heavy (non-hydrogen) atoms. The standard InChI is InChI=1S/C15H15ClN2O6S2/c16-12(15(19)18-11-5-3-4-10(17)8-11)9-25(20,21)13-6-1-2-7-14(13)26(22,23)24/h1-8,12H,9,17H2,(H,18,19)(H,22,23,24). The maximum atomic E-state index is 12.5. The number of halogens is 1. The first-order chi connectivity index (χ1) is 12.0. The highest BCUT2D eigenvalue weighted by Crippen LogP contribution is 2.23. The van der Waals surface area contributed by atoms with Gasteiger partial charge in [-0.05, 0) is 30.3 Å². The molecule has 0 heterocycles. The van der Waals surface area contributed by atoms with Gasteiger partial charge in [0.25, 0.3) is 10.1 Å². The van der Waals surface area contributed by atoms with Crippen molar-refractivity contribution in [3.63, 3.8) is 0 Å². The molecule has 0 saturated carbocycles. The topological polar surface area (TPSA) is 144 Å². The van der Waals surface area contributed by atoms with Crippen LogP contribution in [-0.4, -0.2) is 38.4 Å². The van der Waals surface area contributed by atoms with Gasteiger partial charge >= 0.3 is 0 Å². The Morgan fingerprint density at radius 2 is 1.69 bits per heavy atom. The number of anilines is 2. The Balaban J connectivity index is 2.23. The molecule has 0 saturated heterocycles. The lowest BCUT2D eigenvalue weighted by Crippen LogP contribution is -2.30. The number of alkyl halides is 1. The largest absolute Gasteiger partial charge is 0.399 e. The van der Waals surface area contributed by atoms with Crippen LogP contribution in [0, 0.1) is 0 Å². The molecule has 1 unspecified atom stereocenters. The summed E-state index contributed by atoms with van der Waals surface area (Å²) in [7, 11) is -9.04. The molecule has 1 atom stereocenters. The third-order valence-corrected chi connectivity index (χ3v) is 6.64. The third-order valence-electron chi connectivity index (χ3n) is 3.27. The summed E-state index contributed by atoms with van der Waals surface area (Å²) in [6, 6.07) is 10.7. The highest BCUT2D eigenvalue weighted by atomic mass is 35.5. The lowest BCUT2D eigenvalue weighted by Gasteiger charge is -2.13. The van der Waals surface area contributed by atoms with Gasteiger partial charge in [0.2, 0.25) is 5.91 Å². The van der Waals surface area contributed by atoms with Crippen molar-refractivity contribution < 1.29 is 26.2 Å². The summed E-state index contributed by atoms with van der Waals surface area (Å²) in [5.74, 6) is -1.67. The van der Waals surface area contributed by atoms with Crippen LogP contribution in [0.25, 0.3) is 0 Å². The van der Waals surface area contributed by atoms with E-state index in [0.29, 0.717) is 11.4 Å². The van der Waals surface area contributed by atoms with E-state index in [4.69, 9.17) is 17.3 Å². The van der Waals surface area contributed by atoms with Crippen LogP contribution in [0.2, 0.25) is 0 Å². The summed E-state index contributed by atoms with van der Waals surface area (Å²) in [5, 5.41) is 0.915. The molecule has 0 spiro atoms. The van der Waals surface area contributed by atoms with Gasteiger partial charge in [-0.25, -0.2) is 8.42 Å². The molecule has 0 aliphatic rings. The highest BCUT2D eigenvalue weighted by molar-refractivity contribution is 7.93. The predicted molar refractivity (Wildman–Crippen MR) is 97.4 cm³/mol. The minimum absolute atomic E-state index is 0.330. The number of nitrogens with two attached hydrogens (primary N) is 1. The molecule has 140 valence electrons. The van der Waals surface area contributed by atoms with E-state index in [1.54, 1.807) is 18.2 Å². The molecule has 0 aliphatic carbocycles. The molecule has 0 aromatic heterocycles. The van der Waals surface area contributed by atoms with Crippen molar-refractivity contribution in [3.8, 4) is 0 Å². The maximum absolute atomic E-state index is 12.5. The zero-order valence-corrected chi connectivity index (χ0v) is 15.6. The number of benzene rings is 2. The molecule has 0 fully saturated rings. The molecule has 1 amide bonds. The molecule has 2 rings (SSSR count). The SMILES string of the molecule is Nc1cccc(NC(=O)C(Cl)CS(=O)(=O)c2ccccc2S(=O)(=O)O)c1. The smallest absolute Gasteiger partial charge is 0.295 e. The van der Waals surface area contributed by atoms with Gasteiger partial charge in [0, 0.05) is 11.4 Å². The van der Waals surface area contributed by atoms with Crippen LogP contribution in [0.3, 0.4) is 0 Å². The van der Waals surface area contributed by atoms with Gasteiger partial charge in [-0.15, -0.1) is 11.6 Å². The summed E-state index contributed by atoms with van der Waals surface area (Å²) in [5.41, 5.74) is 6.31. The van der Waals surface area contributed by atoms with Crippen molar-refractivity contribution >= 4 is 48.8 Å². The summed E-state index contributed by atoms with van der Waals surface area (Å²) in [6.07, 6.45) is 0. The molecule has 0 radical (unpaired) electrons. The predicted octanol–water partition coefficient (Wildman–Crippen LogP) is 1.54. The molecule has 0 aliphatic heterocycles. The molecule has 8 nitrogen and oxygen atoms in total. The second kappa shape index (κ2) is 7.62. The fourth-order valence-corrected chi connectivity index (χ4v) is 5.31. The lowest BCUT2D eigenvalue weighted by atomic mass is 10.3. The Morgan fingerprint density at radius 1 is 1.08 bits per heavy atom. The summed E-state index contributed by atoms with van der Waals surface area (Å²) in [4.78, 5) is 10.7. The van der Waals surface area contributed by atoms with Crippen molar-refractivity contribution in [2.75, 3.05) is 16.8 Å². The van der Waals surface area contributed by atoms with Crippen LogP contribution < -0.4 is 11.1 Å². The zero-order valence-electron chi connectivity index (χ0n) is 13.2. The summed E-state index contributed by atoms with van der Waals surface area (Å²) in [6.45, 7) is 0. The first kappa shape index (κ1) is 20.2. The number of amides is 1. The fourth-order valence-electron chi connectivity index (χ4n) is 2.12. The number of carbonyl (C=O) groups is 1. The summed E-state index contributed by atoms with van der Waals surface area (Å²) >= 11 is 5.89. The number of hydrogen-bond acceptors (Lipinski definition) is 6. The van der Waals surface area contributed by atoms with Crippen LogP contribution in [0.5, 0.6) is 0 Å². The minimum atomic E-state index is -4.76. The number of rotatable bonds is 6. The lowest BCUT2D eigenvalue weighted by molar-refractivity contribution is -0.115. The monoisotopic (exact) mass is 418 g/mol. The van der Waals surface area contributed by atoms with Crippen LogP contribution in [0.15, 0.2) is 58.3 Å². The minimum Gasteiger partial charge on any atom is -0.399 e. The van der Waals surface area contributed by atoms with Crippen molar-refractivity contribution in [2.24, 2.45) is 0 Å². The molecular weight excluding hydrogens is 404 g/mol. The number of nitrogens with one attached hydrogen (secondary N) is 1. The molecule has 2 aromatic carbocycles. The number of carbonyl (C=O) groups excluding carboxylic acids is 1. The molecule has 0 bridgehead atoms. The van der Waals surface area contributed by atoms with Gasteiger partial charge in [0.1, 0.15) is 10.3 Å². The normalized spacial score (nSPS) is 13.2. The van der Waals surface area contributed by atoms with Crippen molar-refractivity contribution in [1.82, 2.24) is 0 Å². The van der Waals surface area contributed by atoms with E-state index >= 15 is 0 Å².